The minimum atomic E-state index is -0.531. The van der Waals surface area contributed by atoms with E-state index < -0.39 is 5.41 Å². The third kappa shape index (κ3) is 5.84. The monoisotopic (exact) mass is 536 g/mol. The van der Waals surface area contributed by atoms with Crippen LogP contribution in [-0.4, -0.2) is 38.5 Å². The van der Waals surface area contributed by atoms with E-state index in [9.17, 15) is 4.79 Å². The molecule has 1 amide bonds. The Kier molecular flexibility index (Phi) is 8.85. The summed E-state index contributed by atoms with van der Waals surface area (Å²) in [6, 6.07) is 8.42. The molecule has 1 aromatic carbocycles. The summed E-state index contributed by atoms with van der Waals surface area (Å²) in [7, 11) is 1.66. The third-order valence-corrected chi connectivity index (χ3v) is 5.40. The summed E-state index contributed by atoms with van der Waals surface area (Å²) in [5.74, 6) is 0.761. The molecule has 1 aliphatic rings. The van der Waals surface area contributed by atoms with Gasteiger partial charge in [-0.15, -0.1) is 24.0 Å². The van der Waals surface area contributed by atoms with Crippen molar-refractivity contribution < 1.29 is 4.79 Å². The molecule has 26 heavy (non-hydrogen) atoms. The van der Waals surface area contributed by atoms with E-state index in [2.05, 4.69) is 55.1 Å². The summed E-state index contributed by atoms with van der Waals surface area (Å²) in [6.45, 7) is 7.91. The van der Waals surface area contributed by atoms with Crippen molar-refractivity contribution in [2.45, 2.75) is 39.0 Å². The summed E-state index contributed by atoms with van der Waals surface area (Å²) in [5, 5.41) is 9.44. The first-order valence-electron chi connectivity index (χ1n) is 8.84. The van der Waals surface area contributed by atoms with Gasteiger partial charge in [0.25, 0.3) is 0 Å². The van der Waals surface area contributed by atoms with Crippen LogP contribution in [0.2, 0.25) is 0 Å². The largest absolute Gasteiger partial charge is 0.359 e. The Hall–Kier alpha value is -0.830. The first-order valence-corrected chi connectivity index (χ1v) is 9.63. The molecule has 0 bridgehead atoms. The zero-order valence-electron chi connectivity index (χ0n) is 16.0. The predicted molar refractivity (Wildman–Crippen MR) is 122 cm³/mol. The fraction of sp³-hybridized carbons (Fsp3) is 0.579. The molecule has 1 aromatic rings. The fourth-order valence-corrected chi connectivity index (χ4v) is 3.57. The third-order valence-electron chi connectivity index (χ3n) is 4.71. The number of carbonyl (C=O) groups is 1. The van der Waals surface area contributed by atoms with E-state index in [1.165, 1.54) is 18.4 Å². The van der Waals surface area contributed by atoms with Gasteiger partial charge in [0.15, 0.2) is 5.96 Å². The Morgan fingerprint density at radius 2 is 1.92 bits per heavy atom. The SMILES string of the molecule is CCNC(=NCC(C)(C)C(=O)NC)NCC1(c2ccccc2Br)CC1.I. The zero-order chi connectivity index (χ0) is 18.5. The minimum Gasteiger partial charge on any atom is -0.359 e. The molecule has 1 aliphatic carbocycles. The van der Waals surface area contributed by atoms with Gasteiger partial charge in [-0.1, -0.05) is 34.1 Å². The summed E-state index contributed by atoms with van der Waals surface area (Å²) < 4.78 is 1.16. The number of hydrogen-bond donors (Lipinski definition) is 3. The Bertz CT molecular complexity index is 644. The Morgan fingerprint density at radius 3 is 2.46 bits per heavy atom. The number of guanidine groups is 1. The molecule has 0 aromatic heterocycles. The van der Waals surface area contributed by atoms with Gasteiger partial charge in [-0.25, -0.2) is 0 Å². The van der Waals surface area contributed by atoms with Crippen molar-refractivity contribution in [3.63, 3.8) is 0 Å². The van der Waals surface area contributed by atoms with Crippen LogP contribution in [0.3, 0.4) is 0 Å². The van der Waals surface area contributed by atoms with Gasteiger partial charge >= 0.3 is 0 Å². The van der Waals surface area contributed by atoms with Gasteiger partial charge in [0.2, 0.25) is 5.91 Å². The van der Waals surface area contributed by atoms with Gasteiger partial charge in [-0.05, 0) is 45.2 Å². The second-order valence-corrected chi connectivity index (χ2v) is 8.13. The number of halogens is 2. The van der Waals surface area contributed by atoms with Gasteiger partial charge in [0, 0.05) is 30.0 Å². The minimum absolute atomic E-state index is 0. The molecule has 1 saturated carbocycles. The Balaban J connectivity index is 0.00000338. The summed E-state index contributed by atoms with van der Waals surface area (Å²) in [6.07, 6.45) is 2.34. The highest BCUT2D eigenvalue weighted by molar-refractivity contribution is 14.0. The lowest BCUT2D eigenvalue weighted by Gasteiger charge is -2.23. The molecule has 5 nitrogen and oxygen atoms in total. The lowest BCUT2D eigenvalue weighted by atomic mass is 9.93. The smallest absolute Gasteiger partial charge is 0.227 e. The van der Waals surface area contributed by atoms with E-state index in [4.69, 9.17) is 0 Å². The molecule has 0 heterocycles. The first kappa shape index (κ1) is 23.2. The molecular weight excluding hydrogens is 507 g/mol. The van der Waals surface area contributed by atoms with Gasteiger partial charge in [0.05, 0.1) is 12.0 Å². The molecule has 3 N–H and O–H groups in total. The van der Waals surface area contributed by atoms with Crippen LogP contribution in [-0.2, 0) is 10.2 Å². The highest BCUT2D eigenvalue weighted by Crippen LogP contribution is 2.49. The van der Waals surface area contributed by atoms with Crippen molar-refractivity contribution in [2.24, 2.45) is 10.4 Å². The van der Waals surface area contributed by atoms with Crippen molar-refractivity contribution in [1.82, 2.24) is 16.0 Å². The summed E-state index contributed by atoms with van der Waals surface area (Å²) in [4.78, 5) is 16.6. The lowest BCUT2D eigenvalue weighted by Crippen LogP contribution is -2.43. The Labute approximate surface area is 182 Å². The second kappa shape index (κ2) is 9.92. The van der Waals surface area contributed by atoms with Gasteiger partial charge in [-0.3, -0.25) is 9.79 Å². The molecule has 2 rings (SSSR count). The number of benzene rings is 1. The van der Waals surface area contributed by atoms with Crippen LogP contribution in [0.15, 0.2) is 33.7 Å². The zero-order valence-corrected chi connectivity index (χ0v) is 19.9. The summed E-state index contributed by atoms with van der Waals surface area (Å²) >= 11 is 3.67. The van der Waals surface area contributed by atoms with Gasteiger partial charge in [0.1, 0.15) is 0 Å². The number of amides is 1. The molecule has 0 aliphatic heterocycles. The fourth-order valence-electron chi connectivity index (χ4n) is 2.87. The standard InChI is InChI=1S/C19H29BrN4O.HI/c1-5-22-17(23-12-18(2,3)16(25)21-4)24-13-19(10-11-19)14-8-6-7-9-15(14)20;/h6-9H,5,10-13H2,1-4H3,(H,21,25)(H2,22,23,24);1H. The van der Waals surface area contributed by atoms with E-state index >= 15 is 0 Å². The van der Waals surface area contributed by atoms with Gasteiger partial charge < -0.3 is 16.0 Å². The average Bonchev–Trinajstić information content (AvgIpc) is 3.38. The molecular formula is C19H30BrIN4O. The van der Waals surface area contributed by atoms with E-state index in [-0.39, 0.29) is 35.3 Å². The van der Waals surface area contributed by atoms with Crippen molar-refractivity contribution in [1.29, 1.82) is 0 Å². The molecule has 0 saturated heterocycles. The van der Waals surface area contributed by atoms with Gasteiger partial charge in [-0.2, -0.15) is 0 Å². The number of nitrogens with zero attached hydrogens (tertiary/aromatic N) is 1. The first-order chi connectivity index (χ1) is 11.8. The van der Waals surface area contributed by atoms with E-state index in [1.54, 1.807) is 7.05 Å². The molecule has 7 heteroatoms. The molecule has 146 valence electrons. The highest BCUT2D eigenvalue weighted by atomic mass is 127. The Morgan fingerprint density at radius 1 is 1.27 bits per heavy atom. The number of carbonyl (C=O) groups excluding carboxylic acids is 1. The topological polar surface area (TPSA) is 65.5 Å². The van der Waals surface area contributed by atoms with Crippen molar-refractivity contribution >= 4 is 51.8 Å². The maximum Gasteiger partial charge on any atom is 0.227 e. The number of rotatable bonds is 7. The number of nitrogens with one attached hydrogen (secondary N) is 3. The van der Waals surface area contributed by atoms with Crippen molar-refractivity contribution in [3.05, 3.63) is 34.3 Å². The van der Waals surface area contributed by atoms with Crippen LogP contribution >= 0.6 is 39.9 Å². The van der Waals surface area contributed by atoms with Crippen LogP contribution in [0.4, 0.5) is 0 Å². The maximum atomic E-state index is 11.9. The maximum absolute atomic E-state index is 11.9. The van der Waals surface area contributed by atoms with Crippen LogP contribution < -0.4 is 16.0 Å². The van der Waals surface area contributed by atoms with Crippen LogP contribution in [0, 0.1) is 5.41 Å². The highest BCUT2D eigenvalue weighted by Gasteiger charge is 2.45. The second-order valence-electron chi connectivity index (χ2n) is 7.27. The van der Waals surface area contributed by atoms with E-state index in [0.29, 0.717) is 6.54 Å². The predicted octanol–water partition coefficient (Wildman–Crippen LogP) is 3.43. The lowest BCUT2D eigenvalue weighted by molar-refractivity contribution is -0.128. The normalized spacial score (nSPS) is 15.7. The number of hydrogen-bond acceptors (Lipinski definition) is 2. The molecule has 0 spiro atoms. The quantitative estimate of drug-likeness (QED) is 0.284. The van der Waals surface area contributed by atoms with Crippen molar-refractivity contribution in [3.8, 4) is 0 Å². The molecule has 0 unspecified atom stereocenters. The number of aliphatic imine (C=N–C) groups is 1. The molecule has 0 radical (unpaired) electrons. The van der Waals surface area contributed by atoms with Crippen LogP contribution in [0.5, 0.6) is 0 Å². The van der Waals surface area contributed by atoms with Crippen LogP contribution in [0.1, 0.15) is 39.2 Å². The van der Waals surface area contributed by atoms with E-state index in [1.807, 2.05) is 26.8 Å². The van der Waals surface area contributed by atoms with Crippen molar-refractivity contribution in [2.75, 3.05) is 26.7 Å². The van der Waals surface area contributed by atoms with Crippen LogP contribution in [0.25, 0.3) is 0 Å². The molecule has 1 fully saturated rings. The molecule has 0 atom stereocenters. The average molecular weight is 537 g/mol. The van der Waals surface area contributed by atoms with E-state index in [0.717, 1.165) is 23.5 Å². The summed E-state index contributed by atoms with van der Waals surface area (Å²) in [5.41, 5.74) is 0.993.